The van der Waals surface area contributed by atoms with Gasteiger partial charge in [-0.25, -0.2) is 4.68 Å². The summed E-state index contributed by atoms with van der Waals surface area (Å²) in [5, 5.41) is 7.66. The molecule has 2 aromatic carbocycles. The van der Waals surface area contributed by atoms with Crippen LogP contribution in [0.15, 0.2) is 36.4 Å². The van der Waals surface area contributed by atoms with Crippen LogP contribution in [-0.2, 0) is 22.3 Å². The second-order valence-electron chi connectivity index (χ2n) is 7.20. The zero-order valence-electron chi connectivity index (χ0n) is 17.3. The molecule has 0 bridgehead atoms. The lowest BCUT2D eigenvalue weighted by atomic mass is 10.1. The number of nitrogens with zero attached hydrogens (tertiary/aromatic N) is 2. The van der Waals surface area contributed by atoms with Gasteiger partial charge in [0.05, 0.1) is 37.1 Å². The molecule has 7 nitrogen and oxygen atoms in total. The van der Waals surface area contributed by atoms with Crippen molar-refractivity contribution in [2.45, 2.75) is 25.4 Å². The molecule has 0 radical (unpaired) electrons. The van der Waals surface area contributed by atoms with Crippen molar-refractivity contribution in [3.8, 4) is 17.2 Å². The lowest BCUT2D eigenvalue weighted by Gasteiger charge is -2.16. The maximum absolute atomic E-state index is 13.3. The number of aromatic nitrogens is 2. The van der Waals surface area contributed by atoms with E-state index < -0.39 is 10.8 Å². The number of fused-ring (bicyclic) bond motifs is 1. The third-order valence-corrected chi connectivity index (χ3v) is 6.34. The quantitative estimate of drug-likeness (QED) is 0.676. The molecule has 3 aromatic rings. The zero-order chi connectivity index (χ0) is 21.4. The minimum Gasteiger partial charge on any atom is -0.496 e. The van der Waals surface area contributed by atoms with Crippen LogP contribution in [0, 0.1) is 13.8 Å². The Kier molecular flexibility index (Phi) is 5.34. The average molecular weight is 426 g/mol. The highest BCUT2D eigenvalue weighted by Crippen LogP contribution is 2.34. The lowest BCUT2D eigenvalue weighted by Crippen LogP contribution is -2.18. The van der Waals surface area contributed by atoms with E-state index in [9.17, 15) is 9.00 Å². The van der Waals surface area contributed by atoms with Crippen molar-refractivity contribution in [1.29, 1.82) is 0 Å². The number of anilines is 1. The summed E-state index contributed by atoms with van der Waals surface area (Å²) < 4.78 is 24.6. The number of hydrogen-bond donors (Lipinski definition) is 1. The number of aryl methyl sites for hydroxylation is 2. The van der Waals surface area contributed by atoms with Gasteiger partial charge in [0, 0.05) is 16.4 Å². The maximum atomic E-state index is 13.3. The van der Waals surface area contributed by atoms with Crippen molar-refractivity contribution < 1.29 is 18.5 Å². The van der Waals surface area contributed by atoms with E-state index in [1.165, 1.54) is 14.2 Å². The highest BCUT2D eigenvalue weighted by molar-refractivity contribution is 7.83. The van der Waals surface area contributed by atoms with Gasteiger partial charge in [0.2, 0.25) is 0 Å². The summed E-state index contributed by atoms with van der Waals surface area (Å²) in [6.45, 7) is 4.03. The molecular weight excluding hydrogens is 402 g/mol. The second-order valence-corrected chi connectivity index (χ2v) is 8.65. The molecule has 8 heteroatoms. The Labute approximate surface area is 177 Å². The van der Waals surface area contributed by atoms with Crippen LogP contribution in [0.2, 0.25) is 0 Å². The Morgan fingerprint density at radius 1 is 1.10 bits per heavy atom. The number of carbonyl (C=O) groups excluding carboxylic acids is 1. The van der Waals surface area contributed by atoms with E-state index in [2.05, 4.69) is 16.5 Å². The fourth-order valence-corrected chi connectivity index (χ4v) is 4.98. The van der Waals surface area contributed by atoms with Gasteiger partial charge >= 0.3 is 0 Å². The number of hydrogen-bond acceptors (Lipinski definition) is 5. The van der Waals surface area contributed by atoms with Gasteiger partial charge in [-0.3, -0.25) is 9.00 Å². The zero-order valence-corrected chi connectivity index (χ0v) is 18.1. The van der Waals surface area contributed by atoms with Crippen molar-refractivity contribution in [3.63, 3.8) is 0 Å². The summed E-state index contributed by atoms with van der Waals surface area (Å²) in [6, 6.07) is 11.2. The van der Waals surface area contributed by atoms with Crippen LogP contribution >= 0.6 is 0 Å². The van der Waals surface area contributed by atoms with Crippen LogP contribution < -0.4 is 14.8 Å². The van der Waals surface area contributed by atoms with Crippen LogP contribution in [0.1, 0.15) is 32.7 Å². The first-order chi connectivity index (χ1) is 14.4. The monoisotopic (exact) mass is 425 g/mol. The van der Waals surface area contributed by atoms with Crippen LogP contribution in [0.25, 0.3) is 5.69 Å². The molecule has 0 saturated carbocycles. The fourth-order valence-electron chi connectivity index (χ4n) is 3.72. The van der Waals surface area contributed by atoms with Gasteiger partial charge in [0.1, 0.15) is 22.9 Å². The number of amides is 1. The molecule has 1 atom stereocenters. The summed E-state index contributed by atoms with van der Waals surface area (Å²) in [5.74, 6) is 1.71. The number of benzene rings is 2. The smallest absolute Gasteiger partial charge is 0.264 e. The van der Waals surface area contributed by atoms with Gasteiger partial charge in [-0.1, -0.05) is 23.8 Å². The Hall–Kier alpha value is -3.13. The Morgan fingerprint density at radius 2 is 1.80 bits per heavy atom. The lowest BCUT2D eigenvalue weighted by molar-refractivity contribution is 0.102. The Bertz CT molecular complexity index is 1150. The van der Waals surface area contributed by atoms with Gasteiger partial charge in [-0.05, 0) is 37.6 Å². The van der Waals surface area contributed by atoms with E-state index in [4.69, 9.17) is 9.47 Å². The van der Waals surface area contributed by atoms with Crippen molar-refractivity contribution in [1.82, 2.24) is 9.78 Å². The van der Waals surface area contributed by atoms with Gasteiger partial charge in [0.25, 0.3) is 5.91 Å². The topological polar surface area (TPSA) is 82.4 Å². The molecule has 1 aliphatic rings. The fraction of sp³-hybridized carbons (Fsp3) is 0.273. The standard InChI is InChI=1S/C22H23N3O4S/c1-13-8-9-17(14(2)10-13)25-21(15-11-30(27)12-16(15)24-25)23-22(26)20-18(28-3)6-5-7-19(20)29-4/h5-10H,11-12H2,1-4H3,(H,23,26). The first-order valence-corrected chi connectivity index (χ1v) is 11.0. The van der Waals surface area contributed by atoms with Crippen LogP contribution in [0.3, 0.4) is 0 Å². The van der Waals surface area contributed by atoms with Crippen molar-refractivity contribution in [2.24, 2.45) is 0 Å². The van der Waals surface area contributed by atoms with E-state index in [-0.39, 0.29) is 5.91 Å². The van der Waals surface area contributed by atoms with Crippen LogP contribution in [0.5, 0.6) is 11.5 Å². The van der Waals surface area contributed by atoms with Gasteiger partial charge < -0.3 is 14.8 Å². The summed E-state index contributed by atoms with van der Waals surface area (Å²) in [7, 11) is 1.99. The van der Waals surface area contributed by atoms with Gasteiger partial charge in [0.15, 0.2) is 0 Å². The molecule has 1 aliphatic heterocycles. The summed E-state index contributed by atoms with van der Waals surface area (Å²) in [6.07, 6.45) is 0. The molecule has 1 N–H and O–H groups in total. The summed E-state index contributed by atoms with van der Waals surface area (Å²) >= 11 is 0. The van der Waals surface area contributed by atoms with Gasteiger partial charge in [-0.2, -0.15) is 5.10 Å². The van der Waals surface area contributed by atoms with E-state index >= 15 is 0 Å². The Balaban J connectivity index is 1.82. The largest absolute Gasteiger partial charge is 0.496 e. The first-order valence-electron chi connectivity index (χ1n) is 9.48. The highest BCUT2D eigenvalue weighted by Gasteiger charge is 2.30. The molecule has 30 heavy (non-hydrogen) atoms. The predicted octanol–water partition coefficient (Wildman–Crippen LogP) is 3.52. The molecule has 2 heterocycles. The number of methoxy groups -OCH3 is 2. The molecule has 1 amide bonds. The molecule has 1 unspecified atom stereocenters. The number of rotatable bonds is 5. The number of ether oxygens (including phenoxy) is 2. The van der Waals surface area contributed by atoms with Crippen LogP contribution in [0.4, 0.5) is 5.82 Å². The molecule has 0 fully saturated rings. The van der Waals surface area contributed by atoms with Crippen molar-refractivity contribution in [3.05, 3.63) is 64.3 Å². The van der Waals surface area contributed by atoms with Crippen molar-refractivity contribution in [2.75, 3.05) is 19.5 Å². The molecule has 0 spiro atoms. The average Bonchev–Trinajstić information content (AvgIpc) is 3.24. The number of carbonyl (C=O) groups is 1. The van der Waals surface area contributed by atoms with Crippen molar-refractivity contribution >= 4 is 22.5 Å². The highest BCUT2D eigenvalue weighted by atomic mass is 32.2. The molecular formula is C22H23N3O4S. The van der Waals surface area contributed by atoms with E-state index in [1.54, 1.807) is 22.9 Å². The third kappa shape index (κ3) is 3.47. The first kappa shape index (κ1) is 20.2. The van der Waals surface area contributed by atoms with E-state index in [1.807, 2.05) is 26.0 Å². The molecule has 1 aromatic heterocycles. The van der Waals surface area contributed by atoms with E-state index in [0.29, 0.717) is 34.4 Å². The van der Waals surface area contributed by atoms with Gasteiger partial charge in [-0.15, -0.1) is 0 Å². The minimum atomic E-state index is -1.02. The van der Waals surface area contributed by atoms with E-state index in [0.717, 1.165) is 28.1 Å². The Morgan fingerprint density at radius 3 is 2.43 bits per heavy atom. The molecule has 156 valence electrons. The second kappa shape index (κ2) is 7.95. The van der Waals surface area contributed by atoms with Crippen LogP contribution in [-0.4, -0.2) is 34.1 Å². The third-order valence-electron chi connectivity index (χ3n) is 5.14. The summed E-state index contributed by atoms with van der Waals surface area (Å²) in [4.78, 5) is 13.3. The predicted molar refractivity (Wildman–Crippen MR) is 116 cm³/mol. The summed E-state index contributed by atoms with van der Waals surface area (Å²) in [5.41, 5.74) is 4.88. The molecule has 4 rings (SSSR count). The number of nitrogens with one attached hydrogen (secondary N) is 1. The normalized spacial score (nSPS) is 15.0. The molecule has 0 aliphatic carbocycles. The SMILES string of the molecule is COc1cccc(OC)c1C(=O)Nc1c2c(nn1-c1ccc(C)cc1C)CS(=O)C2. The maximum Gasteiger partial charge on any atom is 0.264 e. The minimum absolute atomic E-state index is 0.295. The molecule has 0 saturated heterocycles.